The van der Waals surface area contributed by atoms with Crippen molar-refractivity contribution in [2.45, 2.75) is 175 Å². The molecule has 0 N–H and O–H groups in total. The van der Waals surface area contributed by atoms with Crippen LogP contribution in [0.1, 0.15) is 163 Å². The average Bonchev–Trinajstić information content (AvgIpc) is 1.61. The first-order chi connectivity index (χ1) is 57.0. The van der Waals surface area contributed by atoms with Gasteiger partial charge in [0.2, 0.25) is 22.8 Å². The molecular formula is C108H126N12+4. The third-order valence-corrected chi connectivity index (χ3v) is 24.8. The third kappa shape index (κ3) is 17.2. The highest BCUT2D eigenvalue weighted by Gasteiger charge is 2.29. The first kappa shape index (κ1) is 84.7. The highest BCUT2D eigenvalue weighted by molar-refractivity contribution is 5.90. The fraction of sp³-hybridized carbons (Fsp3) is 0.333. The predicted molar refractivity (Wildman–Crippen MR) is 500 cm³/mol. The van der Waals surface area contributed by atoms with Gasteiger partial charge >= 0.3 is 0 Å². The molecule has 12 nitrogen and oxygen atoms in total. The van der Waals surface area contributed by atoms with Crippen molar-refractivity contribution in [3.63, 3.8) is 0 Å². The lowest BCUT2D eigenvalue weighted by atomic mass is 9.83. The summed E-state index contributed by atoms with van der Waals surface area (Å²) in [6, 6.07) is 63.9. The van der Waals surface area contributed by atoms with Crippen molar-refractivity contribution in [2.24, 2.45) is 67.2 Å². The van der Waals surface area contributed by atoms with E-state index in [-0.39, 0.29) is 10.8 Å². The van der Waals surface area contributed by atoms with Gasteiger partial charge in [-0.3, -0.25) is 0 Å². The molecule has 0 atom stereocenters. The van der Waals surface area contributed by atoms with E-state index in [9.17, 15) is 0 Å². The largest absolute Gasteiger partial charge is 0.327 e. The highest BCUT2D eigenvalue weighted by Crippen LogP contribution is 2.42. The molecule has 120 heavy (non-hydrogen) atoms. The van der Waals surface area contributed by atoms with E-state index < -0.39 is 0 Å². The molecule has 1 saturated carbocycles. The van der Waals surface area contributed by atoms with Gasteiger partial charge in [-0.2, -0.15) is 0 Å². The Morgan fingerprint density at radius 3 is 1.13 bits per heavy atom. The summed E-state index contributed by atoms with van der Waals surface area (Å²) in [6.07, 6.45) is 17.3. The van der Waals surface area contributed by atoms with Crippen molar-refractivity contribution < 1.29 is 18.3 Å². The first-order valence-electron chi connectivity index (χ1n) is 43.1. The molecule has 0 radical (unpaired) electrons. The van der Waals surface area contributed by atoms with Crippen LogP contribution < -0.4 is 18.3 Å². The van der Waals surface area contributed by atoms with E-state index in [4.69, 9.17) is 19.9 Å². The zero-order valence-corrected chi connectivity index (χ0v) is 76.4. The molecule has 0 spiro atoms. The van der Waals surface area contributed by atoms with Gasteiger partial charge in [0.25, 0.3) is 0 Å². The second kappa shape index (κ2) is 34.2. The quantitative estimate of drug-likeness (QED) is 0.121. The lowest BCUT2D eigenvalue weighted by Gasteiger charge is -2.22. The molecule has 614 valence electrons. The van der Waals surface area contributed by atoms with Gasteiger partial charge in [-0.05, 0) is 265 Å². The Labute approximate surface area is 713 Å². The summed E-state index contributed by atoms with van der Waals surface area (Å²) in [5.74, 6) is 4.79. The topological polar surface area (TPSA) is 86.8 Å². The summed E-state index contributed by atoms with van der Waals surface area (Å²) in [4.78, 5) is 20.6. The van der Waals surface area contributed by atoms with Gasteiger partial charge in [-0.1, -0.05) is 134 Å². The highest BCUT2D eigenvalue weighted by atomic mass is 15.1. The summed E-state index contributed by atoms with van der Waals surface area (Å²) in [7, 11) is 17.0. The van der Waals surface area contributed by atoms with Crippen molar-refractivity contribution in [2.75, 3.05) is 0 Å². The van der Waals surface area contributed by atoms with E-state index in [0.29, 0.717) is 5.92 Å². The van der Waals surface area contributed by atoms with Crippen LogP contribution in [0.5, 0.6) is 0 Å². The number of aryl methyl sites for hydroxylation is 16. The molecule has 0 aliphatic heterocycles. The maximum Gasteiger partial charge on any atom is 0.215 e. The fourth-order valence-electron chi connectivity index (χ4n) is 18.9. The number of hydrogen-bond donors (Lipinski definition) is 0. The van der Waals surface area contributed by atoms with E-state index in [1.807, 2.05) is 0 Å². The molecule has 17 rings (SSSR count). The van der Waals surface area contributed by atoms with Gasteiger partial charge in [0.15, 0.2) is 24.8 Å². The SMILES string of the molecule is Cc1cc(C)c2nc(-c3cccc(-c4c(C)cc(C)c[n+]4C)c3C)n(C)c2c1.Cc1cc(C)c2nc(-c3cccc(-c4cc(CC(C)(C)C)cc[n+]4C)c3C)n(C)c2c1.Cc1cc(C2CCCCC2)c2nc(-c3cccc(-c4cccc[n+]4C)c3C)n(C)c2c1.Cc1cc(CC(C)(C)C)c2nc(-c3cccc(-c4cccc[n+]4C)c3C)n(C)c2c1. The van der Waals surface area contributed by atoms with Gasteiger partial charge in [0.1, 0.15) is 51.5 Å². The molecule has 1 aliphatic carbocycles. The summed E-state index contributed by atoms with van der Waals surface area (Å²) >= 11 is 0. The standard InChI is InChI=1S/C28H32N3.C28H34N3.C27H32N3.C25H28N3/c1-19-17-24(21-11-6-5-7-12-21)27-26(18-19)31(4)28(29-27)23-14-10-13-22(20(23)2)25-15-8-9-16-30(25)3;1-18-14-19(2)26-25(15-18)31(8)27(29-26)23-11-9-10-22(20(23)3)24-16-21(12-13-30(24)7)17-28(4,5)6;1-18-15-20(17-27(3,4)5)25-24(16-18)30(7)26(28-25)22-12-10-11-21(19(22)2)23-13-8-9-14-29(23)6;1-15-11-17(3)23-22(13-15)28(7)25(26-23)21-10-8-9-20(19(21)5)24-18(4)12-16(2)14-27(24)6/h8-10,13-18,21H,5-7,11-12H2,1-4H3;9-16H,17H2,1-8H3;8-16H,17H2,1-7H3;8-14H,1-7H3/q4*+1. The molecule has 0 unspecified atom stereocenters. The summed E-state index contributed by atoms with van der Waals surface area (Å²) < 4.78 is 17.8. The van der Waals surface area contributed by atoms with Gasteiger partial charge in [-0.15, -0.1) is 0 Å². The van der Waals surface area contributed by atoms with Crippen molar-refractivity contribution in [1.29, 1.82) is 0 Å². The maximum atomic E-state index is 5.27. The molecule has 12 heteroatoms. The van der Waals surface area contributed by atoms with Crippen LogP contribution in [0.25, 0.3) is 135 Å². The molecular weight excluding hydrogens is 1470 g/mol. The Morgan fingerprint density at radius 2 is 0.692 bits per heavy atom. The Bertz CT molecular complexity index is 6580. The zero-order valence-electron chi connectivity index (χ0n) is 76.4. The molecule has 1 fully saturated rings. The number of pyridine rings is 4. The van der Waals surface area contributed by atoms with Crippen molar-refractivity contribution in [1.82, 2.24) is 38.2 Å². The molecule has 16 aromatic rings. The lowest BCUT2D eigenvalue weighted by molar-refractivity contribution is -0.661. The number of fused-ring (bicyclic) bond motifs is 4. The van der Waals surface area contributed by atoms with E-state index in [1.165, 1.54) is 210 Å². The molecule has 8 aromatic heterocycles. The Morgan fingerprint density at radius 1 is 0.325 bits per heavy atom. The number of imidazole rings is 4. The number of hydrogen-bond acceptors (Lipinski definition) is 4. The molecule has 0 saturated heterocycles. The molecule has 0 bridgehead atoms. The first-order valence-corrected chi connectivity index (χ1v) is 43.1. The van der Waals surface area contributed by atoms with Gasteiger partial charge in [-0.25, -0.2) is 38.2 Å². The van der Waals surface area contributed by atoms with Gasteiger partial charge in [0, 0.05) is 115 Å². The van der Waals surface area contributed by atoms with Crippen LogP contribution in [-0.4, -0.2) is 38.2 Å². The molecule has 8 heterocycles. The third-order valence-electron chi connectivity index (χ3n) is 24.8. The Kier molecular flexibility index (Phi) is 24.1. The number of rotatable bonds is 11. The normalized spacial score (nSPS) is 12.6. The minimum atomic E-state index is 0.219. The van der Waals surface area contributed by atoms with E-state index in [2.05, 4.69) is 418 Å². The number of aromatic nitrogens is 12. The second-order valence-electron chi connectivity index (χ2n) is 37.2. The lowest BCUT2D eigenvalue weighted by Crippen LogP contribution is -2.32. The summed E-state index contributed by atoms with van der Waals surface area (Å²) in [5.41, 5.74) is 44.0. The van der Waals surface area contributed by atoms with Crippen LogP contribution in [0, 0.1) is 93.9 Å². The number of benzene rings is 8. The average molecular weight is 1590 g/mol. The second-order valence-corrected chi connectivity index (χ2v) is 37.2. The number of nitrogens with zero attached hydrogens (tertiary/aromatic N) is 12. The minimum Gasteiger partial charge on any atom is -0.327 e. The molecule has 8 aromatic carbocycles. The van der Waals surface area contributed by atoms with E-state index >= 15 is 0 Å². The van der Waals surface area contributed by atoms with Crippen LogP contribution in [0.3, 0.4) is 0 Å². The van der Waals surface area contributed by atoms with Crippen LogP contribution in [-0.2, 0) is 69.2 Å². The van der Waals surface area contributed by atoms with Crippen LogP contribution in [0.2, 0.25) is 0 Å². The maximum absolute atomic E-state index is 5.27. The summed E-state index contributed by atoms with van der Waals surface area (Å²) in [6.45, 7) is 39.9. The predicted octanol–water partition coefficient (Wildman–Crippen LogP) is 23.9. The van der Waals surface area contributed by atoms with E-state index in [0.717, 1.165) is 52.7 Å². The van der Waals surface area contributed by atoms with Gasteiger partial charge < -0.3 is 18.3 Å². The van der Waals surface area contributed by atoms with Gasteiger partial charge in [0.05, 0.1) is 49.7 Å². The minimum absolute atomic E-state index is 0.219. The molecule has 0 amide bonds. The molecule has 1 aliphatic rings. The Balaban J connectivity index is 0.000000131. The Hall–Kier alpha value is -11.8. The van der Waals surface area contributed by atoms with E-state index in [1.54, 1.807) is 0 Å². The van der Waals surface area contributed by atoms with Crippen molar-refractivity contribution in [3.05, 3.63) is 284 Å². The monoisotopic (exact) mass is 1590 g/mol. The fourth-order valence-corrected chi connectivity index (χ4v) is 18.9. The smallest absolute Gasteiger partial charge is 0.215 e. The van der Waals surface area contributed by atoms with Crippen molar-refractivity contribution in [3.8, 4) is 90.6 Å². The van der Waals surface area contributed by atoms with Crippen LogP contribution in [0.15, 0.2) is 201 Å². The van der Waals surface area contributed by atoms with Crippen LogP contribution >= 0.6 is 0 Å². The van der Waals surface area contributed by atoms with Crippen molar-refractivity contribution >= 4 is 44.1 Å². The summed E-state index contributed by atoms with van der Waals surface area (Å²) in [5, 5.41) is 0. The van der Waals surface area contributed by atoms with Crippen LogP contribution in [0.4, 0.5) is 0 Å². The zero-order chi connectivity index (χ0) is 85.8.